The Balaban J connectivity index is 2.15. The minimum atomic E-state index is -0.386. The van der Waals surface area contributed by atoms with Crippen LogP contribution in [0.25, 0.3) is 0 Å². The predicted molar refractivity (Wildman–Crippen MR) is 81.5 cm³/mol. The topological polar surface area (TPSA) is 55.1 Å². The molecule has 21 heavy (non-hydrogen) atoms. The number of hydrogen-bond acceptors (Lipinski definition) is 2. The van der Waals surface area contributed by atoms with Crippen molar-refractivity contribution in [2.45, 2.75) is 6.92 Å². The number of carbonyl (C=O) groups excluding carboxylic acids is 1. The van der Waals surface area contributed by atoms with Crippen molar-refractivity contribution in [2.75, 3.05) is 11.9 Å². The largest absolute Gasteiger partial charge is 0.322 e. The number of rotatable bonds is 2. The molecule has 0 aliphatic rings. The van der Waals surface area contributed by atoms with Crippen LogP contribution in [-0.4, -0.2) is 12.5 Å². The van der Waals surface area contributed by atoms with Crippen LogP contribution < -0.4 is 11.1 Å². The van der Waals surface area contributed by atoms with Crippen LogP contribution in [0.3, 0.4) is 0 Å². The van der Waals surface area contributed by atoms with E-state index in [9.17, 15) is 9.18 Å². The molecule has 0 aromatic heterocycles. The highest BCUT2D eigenvalue weighted by atomic mass is 19.1. The summed E-state index contributed by atoms with van der Waals surface area (Å²) in [6.45, 7) is 2.10. The van der Waals surface area contributed by atoms with E-state index in [-0.39, 0.29) is 11.7 Å². The number of amides is 1. The SMILES string of the molecule is Cc1ccc(F)cc1NC(=O)c1ccc(C#CCN)cc1. The molecule has 0 saturated heterocycles. The van der Waals surface area contributed by atoms with Gasteiger partial charge in [-0.05, 0) is 48.9 Å². The van der Waals surface area contributed by atoms with Crippen LogP contribution >= 0.6 is 0 Å². The molecule has 0 spiro atoms. The third-order valence-corrected chi connectivity index (χ3v) is 2.93. The molecule has 1 amide bonds. The van der Waals surface area contributed by atoms with Gasteiger partial charge in [-0.3, -0.25) is 4.79 Å². The van der Waals surface area contributed by atoms with Gasteiger partial charge in [-0.25, -0.2) is 4.39 Å². The summed E-state index contributed by atoms with van der Waals surface area (Å²) in [7, 11) is 0. The first kappa shape index (κ1) is 14.8. The fourth-order valence-electron chi connectivity index (χ4n) is 1.78. The number of hydrogen-bond donors (Lipinski definition) is 2. The normalized spacial score (nSPS) is 9.67. The predicted octanol–water partition coefficient (Wildman–Crippen LogP) is 2.70. The summed E-state index contributed by atoms with van der Waals surface area (Å²) in [6, 6.07) is 11.1. The Morgan fingerprint density at radius 3 is 2.62 bits per heavy atom. The molecule has 0 fully saturated rings. The lowest BCUT2D eigenvalue weighted by Gasteiger charge is -2.08. The van der Waals surface area contributed by atoms with Crippen molar-refractivity contribution in [3.8, 4) is 11.8 Å². The zero-order chi connectivity index (χ0) is 15.2. The third kappa shape index (κ3) is 3.91. The van der Waals surface area contributed by atoms with Crippen molar-refractivity contribution in [3.63, 3.8) is 0 Å². The molecule has 0 aliphatic carbocycles. The summed E-state index contributed by atoms with van der Waals surface area (Å²) >= 11 is 0. The van der Waals surface area contributed by atoms with Crippen LogP contribution in [0.4, 0.5) is 10.1 Å². The molecule has 4 heteroatoms. The number of halogens is 1. The smallest absolute Gasteiger partial charge is 0.255 e. The number of nitrogens with two attached hydrogens (primary N) is 1. The van der Waals surface area contributed by atoms with Crippen molar-refractivity contribution in [1.29, 1.82) is 0 Å². The fourth-order valence-corrected chi connectivity index (χ4v) is 1.78. The number of nitrogens with one attached hydrogen (secondary N) is 1. The van der Waals surface area contributed by atoms with E-state index in [1.165, 1.54) is 12.1 Å². The molecule has 2 rings (SSSR count). The van der Waals surface area contributed by atoms with Gasteiger partial charge in [0.15, 0.2) is 0 Å². The Morgan fingerprint density at radius 1 is 1.24 bits per heavy atom. The lowest BCUT2D eigenvalue weighted by atomic mass is 10.1. The van der Waals surface area contributed by atoms with Gasteiger partial charge in [-0.15, -0.1) is 0 Å². The van der Waals surface area contributed by atoms with E-state index in [0.717, 1.165) is 11.1 Å². The minimum Gasteiger partial charge on any atom is -0.322 e. The summed E-state index contributed by atoms with van der Waals surface area (Å²) in [5.74, 6) is 4.95. The van der Waals surface area contributed by atoms with Crippen molar-refractivity contribution < 1.29 is 9.18 Å². The highest BCUT2D eigenvalue weighted by Crippen LogP contribution is 2.17. The Morgan fingerprint density at radius 2 is 1.95 bits per heavy atom. The molecule has 2 aromatic carbocycles. The van der Waals surface area contributed by atoms with Crippen LogP contribution in [0.5, 0.6) is 0 Å². The maximum atomic E-state index is 13.2. The average Bonchev–Trinajstić information content (AvgIpc) is 2.49. The zero-order valence-corrected chi connectivity index (χ0v) is 11.6. The van der Waals surface area contributed by atoms with Crippen LogP contribution in [-0.2, 0) is 0 Å². The van der Waals surface area contributed by atoms with Gasteiger partial charge in [0.2, 0.25) is 0 Å². The highest BCUT2D eigenvalue weighted by molar-refractivity contribution is 6.04. The van der Waals surface area contributed by atoms with E-state index in [1.54, 1.807) is 37.3 Å². The summed E-state index contributed by atoms with van der Waals surface area (Å²) in [4.78, 5) is 12.1. The Hall–Kier alpha value is -2.64. The maximum absolute atomic E-state index is 13.2. The standard InChI is InChI=1S/C17H15FN2O/c1-12-4-9-15(18)11-16(12)20-17(21)14-7-5-13(6-8-14)3-2-10-19/h4-9,11H,10,19H2,1H3,(H,20,21). The molecule has 106 valence electrons. The van der Waals surface area contributed by atoms with Crippen LogP contribution in [0.15, 0.2) is 42.5 Å². The summed E-state index contributed by atoms with van der Waals surface area (Å²) in [5, 5.41) is 2.69. The monoisotopic (exact) mass is 282 g/mol. The molecular formula is C17H15FN2O. The minimum absolute atomic E-state index is 0.290. The zero-order valence-electron chi connectivity index (χ0n) is 11.6. The Kier molecular flexibility index (Phi) is 4.70. The maximum Gasteiger partial charge on any atom is 0.255 e. The number of benzene rings is 2. The first-order valence-corrected chi connectivity index (χ1v) is 6.46. The summed E-state index contributed by atoms with van der Waals surface area (Å²) in [6.07, 6.45) is 0. The van der Waals surface area contributed by atoms with Crippen molar-refractivity contribution in [3.05, 3.63) is 65.0 Å². The highest BCUT2D eigenvalue weighted by Gasteiger charge is 2.08. The lowest BCUT2D eigenvalue weighted by molar-refractivity contribution is 0.102. The first-order valence-electron chi connectivity index (χ1n) is 6.46. The van der Waals surface area contributed by atoms with Crippen molar-refractivity contribution >= 4 is 11.6 Å². The average molecular weight is 282 g/mol. The number of carbonyl (C=O) groups is 1. The second-order valence-corrected chi connectivity index (χ2v) is 4.50. The van der Waals surface area contributed by atoms with Crippen LogP contribution in [0.2, 0.25) is 0 Å². The molecule has 0 saturated carbocycles. The van der Waals surface area contributed by atoms with Gasteiger partial charge in [0.05, 0.1) is 6.54 Å². The van der Waals surface area contributed by atoms with E-state index in [4.69, 9.17) is 5.73 Å². The van der Waals surface area contributed by atoms with Gasteiger partial charge in [0.25, 0.3) is 5.91 Å². The molecule has 2 aromatic rings. The molecule has 0 radical (unpaired) electrons. The molecule has 0 atom stereocenters. The summed E-state index contributed by atoms with van der Waals surface area (Å²) < 4.78 is 13.2. The van der Waals surface area contributed by atoms with E-state index in [2.05, 4.69) is 17.2 Å². The van der Waals surface area contributed by atoms with E-state index >= 15 is 0 Å². The van der Waals surface area contributed by atoms with Gasteiger partial charge < -0.3 is 11.1 Å². The van der Waals surface area contributed by atoms with Gasteiger partial charge >= 0.3 is 0 Å². The molecule has 0 aliphatic heterocycles. The Bertz CT molecular complexity index is 712. The molecule has 0 bridgehead atoms. The lowest BCUT2D eigenvalue weighted by Crippen LogP contribution is -2.12. The fraction of sp³-hybridized carbons (Fsp3) is 0.118. The first-order chi connectivity index (χ1) is 10.1. The molecule has 0 heterocycles. The van der Waals surface area contributed by atoms with Gasteiger partial charge in [0.1, 0.15) is 5.82 Å². The van der Waals surface area contributed by atoms with Crippen molar-refractivity contribution in [2.24, 2.45) is 5.73 Å². The second-order valence-electron chi connectivity index (χ2n) is 4.50. The third-order valence-electron chi connectivity index (χ3n) is 2.93. The number of aryl methyl sites for hydroxylation is 1. The van der Waals surface area contributed by atoms with Gasteiger partial charge in [-0.2, -0.15) is 0 Å². The van der Waals surface area contributed by atoms with Crippen LogP contribution in [0.1, 0.15) is 21.5 Å². The van der Waals surface area contributed by atoms with Crippen LogP contribution in [0, 0.1) is 24.6 Å². The summed E-state index contributed by atoms with van der Waals surface area (Å²) in [5.41, 5.74) is 7.84. The van der Waals surface area contributed by atoms with Gasteiger partial charge in [-0.1, -0.05) is 17.9 Å². The Labute approximate surface area is 123 Å². The van der Waals surface area contributed by atoms with E-state index in [0.29, 0.717) is 17.8 Å². The molecule has 0 unspecified atom stereocenters. The quantitative estimate of drug-likeness (QED) is 0.832. The second kappa shape index (κ2) is 6.69. The molecular weight excluding hydrogens is 267 g/mol. The molecule has 3 nitrogen and oxygen atoms in total. The molecule has 3 N–H and O–H groups in total. The van der Waals surface area contributed by atoms with Crippen molar-refractivity contribution in [1.82, 2.24) is 0 Å². The van der Waals surface area contributed by atoms with E-state index < -0.39 is 0 Å². The number of anilines is 1. The van der Waals surface area contributed by atoms with Gasteiger partial charge in [0, 0.05) is 16.8 Å². The van der Waals surface area contributed by atoms with E-state index in [1.807, 2.05) is 0 Å².